The number of aromatic amines is 1. The fourth-order valence-corrected chi connectivity index (χ4v) is 12.7. The highest BCUT2D eigenvalue weighted by atomic mass is 16.5. The number of likely N-dealkylation sites (tertiary alicyclic amines) is 2. The van der Waals surface area contributed by atoms with Crippen LogP contribution in [0.4, 0.5) is 0 Å². The number of phenols is 2. The molecular weight excluding hydrogens is 1200 g/mol. The number of amides is 5. The van der Waals surface area contributed by atoms with Crippen LogP contribution in [0.2, 0.25) is 0 Å². The fourth-order valence-electron chi connectivity index (χ4n) is 12.7. The van der Waals surface area contributed by atoms with Crippen LogP contribution in [-0.4, -0.2) is 188 Å². The van der Waals surface area contributed by atoms with Crippen molar-refractivity contribution in [3.8, 4) is 28.6 Å². The third-order valence-corrected chi connectivity index (χ3v) is 17.8. The largest absolute Gasteiger partial charge is 0.508 e. The molecular formula is C71H97N11O12. The van der Waals surface area contributed by atoms with Crippen LogP contribution >= 0.6 is 0 Å². The van der Waals surface area contributed by atoms with Crippen molar-refractivity contribution in [1.29, 1.82) is 0 Å². The van der Waals surface area contributed by atoms with Gasteiger partial charge < -0.3 is 45.9 Å². The Morgan fingerprint density at radius 1 is 0.628 bits per heavy atom. The highest BCUT2D eigenvalue weighted by Gasteiger charge is 2.35. The van der Waals surface area contributed by atoms with Gasteiger partial charge in [0.2, 0.25) is 29.5 Å². The molecule has 23 nitrogen and oxygen atoms in total. The minimum atomic E-state index is -1.11. The van der Waals surface area contributed by atoms with Crippen molar-refractivity contribution in [2.24, 2.45) is 11.8 Å². The predicted octanol–water partition coefficient (Wildman–Crippen LogP) is 6.13. The van der Waals surface area contributed by atoms with E-state index in [2.05, 4.69) is 41.3 Å². The number of carbonyl (C=O) groups excluding carboxylic acids is 7. The number of nitrogens with one attached hydrogen (secondary N) is 5. The monoisotopic (exact) mass is 1300 g/mol. The Bertz CT molecular complexity index is 3370. The van der Waals surface area contributed by atoms with E-state index in [1.54, 1.807) is 13.0 Å². The second-order valence-electron chi connectivity index (χ2n) is 26.4. The first kappa shape index (κ1) is 71.4. The number of phenolic OH excluding ortho intramolecular Hbond substituents is 2. The lowest BCUT2D eigenvalue weighted by atomic mass is 9.98. The molecule has 3 aliphatic rings. The van der Waals surface area contributed by atoms with E-state index >= 15 is 0 Å². The molecule has 8 rings (SSSR count). The summed E-state index contributed by atoms with van der Waals surface area (Å²) in [6.07, 6.45) is 3.72. The highest BCUT2D eigenvalue weighted by Crippen LogP contribution is 2.37. The van der Waals surface area contributed by atoms with Gasteiger partial charge in [0.1, 0.15) is 41.8 Å². The standard InChI is InChI=1S/C71H97N11O12/c1-8-93-70(91)60(40-47(4)5)75-69(90)59(41-50-17-13-10-14-18-50)74-68(89)58(39-46(2)3)73-67(88)57(24-21-49-15-11-9-12-16-49)72-63(85)45-78-31-29-54(30-32-78)94-65(87)26-25-64(86)81-33-27-52(28-34-81)80-37-35-79(36-38-80)44-51-19-22-53(23-20-51)82-66(76-77-71(82)92)56-42-55(48(6)7)61(83)43-62(56)84/h9-20,22-23,42-43,46-48,52,54,57-60,83-84H,8,21,24-41,44-45H2,1-7H3,(H,72,85)(H,73,88)(H,74,89)(H,75,90)(H,77,92)/t57-,58-,59-,60-/m0/s1. The zero-order chi connectivity index (χ0) is 67.4. The van der Waals surface area contributed by atoms with E-state index in [9.17, 15) is 48.6 Å². The second-order valence-corrected chi connectivity index (χ2v) is 26.4. The fraction of sp³-hybridized carbons (Fsp3) is 0.535. The van der Waals surface area contributed by atoms with Crippen LogP contribution in [0.5, 0.6) is 11.5 Å². The molecule has 5 amide bonds. The third kappa shape index (κ3) is 20.8. The van der Waals surface area contributed by atoms with Gasteiger partial charge in [-0.2, -0.15) is 5.10 Å². The number of hydrogen-bond donors (Lipinski definition) is 7. The molecule has 0 spiro atoms. The van der Waals surface area contributed by atoms with Gasteiger partial charge in [0.25, 0.3) is 0 Å². The van der Waals surface area contributed by atoms with E-state index in [0.29, 0.717) is 74.7 Å². The minimum Gasteiger partial charge on any atom is -0.508 e. The number of benzene rings is 4. The molecule has 508 valence electrons. The number of esters is 2. The SMILES string of the molecule is CCOC(=O)[C@H](CC(C)C)NC(=O)[C@H](Cc1ccccc1)NC(=O)[C@H](CC(C)C)NC(=O)[C@H](CCc1ccccc1)NC(=O)CN1CCC(OC(=O)CCC(=O)N2CCC(N3CCN(Cc4ccc(-n5c(-c6cc(C(C)C)c(O)cc6O)n[nH]c5=O)cc4)CC3)CC2)CC1. The molecule has 0 radical (unpaired) electrons. The van der Waals surface area contributed by atoms with Crippen LogP contribution in [0.1, 0.15) is 134 Å². The molecule has 23 heteroatoms. The Balaban J connectivity index is 0.756. The van der Waals surface area contributed by atoms with E-state index in [1.807, 2.05) is 136 Å². The smallest absolute Gasteiger partial charge is 0.348 e. The molecule has 7 N–H and O–H groups in total. The Labute approximate surface area is 551 Å². The number of aromatic hydroxyl groups is 2. The van der Waals surface area contributed by atoms with Gasteiger partial charge in [-0.3, -0.25) is 43.5 Å². The van der Waals surface area contributed by atoms with Crippen LogP contribution in [0.3, 0.4) is 0 Å². The molecule has 4 heterocycles. The Morgan fingerprint density at radius 3 is 1.85 bits per heavy atom. The number of piperidine rings is 2. The van der Waals surface area contributed by atoms with Gasteiger partial charge in [-0.05, 0) is 116 Å². The van der Waals surface area contributed by atoms with E-state index in [-0.39, 0.29) is 98.3 Å². The normalized spacial score (nSPS) is 16.7. The Morgan fingerprint density at radius 2 is 1.22 bits per heavy atom. The lowest BCUT2D eigenvalue weighted by molar-refractivity contribution is -0.153. The number of aromatic nitrogens is 3. The van der Waals surface area contributed by atoms with E-state index in [0.717, 1.165) is 62.3 Å². The summed E-state index contributed by atoms with van der Waals surface area (Å²) in [5, 5.41) is 39.4. The van der Waals surface area contributed by atoms with E-state index in [4.69, 9.17) is 9.47 Å². The lowest BCUT2D eigenvalue weighted by Crippen LogP contribution is -2.59. The summed E-state index contributed by atoms with van der Waals surface area (Å²) in [6, 6.07) is 25.7. The number of nitrogens with zero attached hydrogens (tertiary/aromatic N) is 6. The Kier molecular flexibility index (Phi) is 26.3. The molecule has 0 bridgehead atoms. The number of aryl methyl sites for hydroxylation is 1. The van der Waals surface area contributed by atoms with E-state index in [1.165, 1.54) is 10.6 Å². The molecule has 3 aliphatic heterocycles. The summed E-state index contributed by atoms with van der Waals surface area (Å²) in [6.45, 7) is 19.9. The van der Waals surface area contributed by atoms with Crippen LogP contribution in [0.15, 0.2) is 102 Å². The van der Waals surface area contributed by atoms with Gasteiger partial charge in [-0.15, -0.1) is 0 Å². The second kappa shape index (κ2) is 34.7. The summed E-state index contributed by atoms with van der Waals surface area (Å²) < 4.78 is 12.5. The average Bonchev–Trinajstić information content (AvgIpc) is 1.61. The molecule has 5 aromatic rings. The number of hydrogen-bond acceptors (Lipinski definition) is 16. The molecule has 0 unspecified atom stereocenters. The van der Waals surface area contributed by atoms with Crippen molar-refractivity contribution in [3.05, 3.63) is 130 Å². The van der Waals surface area contributed by atoms with Gasteiger partial charge in [0.05, 0.1) is 30.8 Å². The predicted molar refractivity (Wildman–Crippen MR) is 356 cm³/mol. The average molecular weight is 1300 g/mol. The number of piperazine rings is 1. The first-order chi connectivity index (χ1) is 45.1. The third-order valence-electron chi connectivity index (χ3n) is 17.8. The van der Waals surface area contributed by atoms with Crippen LogP contribution in [0, 0.1) is 11.8 Å². The zero-order valence-corrected chi connectivity index (χ0v) is 55.7. The maximum Gasteiger partial charge on any atom is 0.348 e. The number of ether oxygens (including phenoxy) is 2. The first-order valence-electron chi connectivity index (χ1n) is 33.5. The van der Waals surface area contributed by atoms with Crippen molar-refractivity contribution in [2.75, 3.05) is 65.5 Å². The summed E-state index contributed by atoms with van der Waals surface area (Å²) in [4.78, 5) is 118. The summed E-state index contributed by atoms with van der Waals surface area (Å²) >= 11 is 0. The molecule has 4 atom stereocenters. The van der Waals surface area contributed by atoms with Crippen LogP contribution in [-0.2, 0) is 62.4 Å². The van der Waals surface area contributed by atoms with Crippen molar-refractivity contribution >= 4 is 41.5 Å². The van der Waals surface area contributed by atoms with E-state index < -0.39 is 59.5 Å². The van der Waals surface area contributed by atoms with Crippen molar-refractivity contribution in [1.82, 2.24) is 55.6 Å². The Hall–Kier alpha value is -8.41. The number of H-pyrrole nitrogens is 1. The zero-order valence-electron chi connectivity index (χ0n) is 55.7. The van der Waals surface area contributed by atoms with Crippen LogP contribution < -0.4 is 27.0 Å². The van der Waals surface area contributed by atoms with Gasteiger partial charge >= 0.3 is 17.6 Å². The molecule has 3 saturated heterocycles. The molecule has 1 aromatic heterocycles. The van der Waals surface area contributed by atoms with Crippen molar-refractivity contribution in [3.63, 3.8) is 0 Å². The maximum absolute atomic E-state index is 14.4. The minimum absolute atomic E-state index is 0.0114. The van der Waals surface area contributed by atoms with Gasteiger partial charge in [0, 0.05) is 83.9 Å². The highest BCUT2D eigenvalue weighted by molar-refractivity contribution is 5.95. The lowest BCUT2D eigenvalue weighted by Gasteiger charge is -2.42. The molecule has 4 aromatic carbocycles. The molecule has 94 heavy (non-hydrogen) atoms. The maximum atomic E-state index is 14.4. The number of rotatable bonds is 30. The molecule has 3 fully saturated rings. The van der Waals surface area contributed by atoms with Gasteiger partial charge in [-0.25, -0.2) is 19.3 Å². The number of carbonyl (C=O) groups is 7. The quantitative estimate of drug-likeness (QED) is 0.0255. The summed E-state index contributed by atoms with van der Waals surface area (Å²) in [5.41, 5.74) is 3.94. The van der Waals surface area contributed by atoms with Gasteiger partial charge in [-0.1, -0.05) is 114 Å². The molecule has 0 saturated carbocycles. The summed E-state index contributed by atoms with van der Waals surface area (Å²) in [5.74, 6) is -3.13. The molecule has 0 aliphatic carbocycles. The van der Waals surface area contributed by atoms with Gasteiger partial charge in [0.15, 0.2) is 5.82 Å². The van der Waals surface area contributed by atoms with Crippen LogP contribution in [0.25, 0.3) is 17.1 Å². The van der Waals surface area contributed by atoms with Crippen molar-refractivity contribution < 1.29 is 53.2 Å². The topological polar surface area (TPSA) is 290 Å². The first-order valence-corrected chi connectivity index (χ1v) is 33.5. The summed E-state index contributed by atoms with van der Waals surface area (Å²) in [7, 11) is 0. The van der Waals surface area contributed by atoms with Crippen molar-refractivity contribution in [2.45, 2.75) is 168 Å².